The van der Waals surface area contributed by atoms with Gasteiger partial charge in [-0.2, -0.15) is 0 Å². The van der Waals surface area contributed by atoms with Crippen molar-refractivity contribution in [3.05, 3.63) is 53.6 Å². The number of halogens is 1. The Morgan fingerprint density at radius 3 is 2.56 bits per heavy atom. The predicted octanol–water partition coefficient (Wildman–Crippen LogP) is 2.58. The molecule has 3 rings (SSSR count). The van der Waals surface area contributed by atoms with Crippen molar-refractivity contribution in [3.63, 3.8) is 0 Å². The van der Waals surface area contributed by atoms with Gasteiger partial charge in [0.2, 0.25) is 12.0 Å². The maximum Gasteiger partial charge on any atom is 0.267 e. The largest absolute Gasteiger partial charge is 0.485 e. The van der Waals surface area contributed by atoms with E-state index in [9.17, 15) is 9.59 Å². The number of benzene rings is 2. The number of rotatable bonds is 4. The van der Waals surface area contributed by atoms with Crippen LogP contribution >= 0.6 is 11.6 Å². The van der Waals surface area contributed by atoms with Crippen molar-refractivity contribution >= 4 is 29.1 Å². The number of anilines is 1. The molecule has 0 saturated carbocycles. The van der Waals surface area contributed by atoms with Crippen LogP contribution in [-0.4, -0.2) is 43.0 Å². The van der Waals surface area contributed by atoms with Crippen LogP contribution in [0, 0.1) is 0 Å². The standard InChI is InChI=1S/C18H17ClN2O4/c1-21(10-17(22)20-13-8-6-12(19)7-9-13)18(23)16-11-24-14-4-2-3-5-15(14)25-16/h2-9,16H,10-11H2,1H3,(H,20,22)/t16-/m1/s1. The highest BCUT2D eigenvalue weighted by molar-refractivity contribution is 6.30. The summed E-state index contributed by atoms with van der Waals surface area (Å²) in [7, 11) is 1.55. The zero-order valence-electron chi connectivity index (χ0n) is 13.6. The summed E-state index contributed by atoms with van der Waals surface area (Å²) >= 11 is 5.80. The smallest absolute Gasteiger partial charge is 0.267 e. The highest BCUT2D eigenvalue weighted by Crippen LogP contribution is 2.31. The highest BCUT2D eigenvalue weighted by atomic mass is 35.5. The van der Waals surface area contributed by atoms with Crippen LogP contribution < -0.4 is 14.8 Å². The van der Waals surface area contributed by atoms with Crippen molar-refractivity contribution < 1.29 is 19.1 Å². The Kier molecular flexibility index (Phi) is 5.09. The molecular weight excluding hydrogens is 344 g/mol. The molecule has 1 heterocycles. The third-order valence-corrected chi connectivity index (χ3v) is 3.92. The van der Waals surface area contributed by atoms with E-state index in [1.54, 1.807) is 49.5 Å². The number of ether oxygens (including phenoxy) is 2. The summed E-state index contributed by atoms with van der Waals surface area (Å²) in [6.45, 7) is 0.0158. The van der Waals surface area contributed by atoms with Crippen LogP contribution in [0.1, 0.15) is 0 Å². The van der Waals surface area contributed by atoms with Gasteiger partial charge in [-0.3, -0.25) is 9.59 Å². The summed E-state index contributed by atoms with van der Waals surface area (Å²) < 4.78 is 11.2. The summed E-state index contributed by atoms with van der Waals surface area (Å²) in [5, 5.41) is 3.29. The van der Waals surface area contributed by atoms with E-state index in [4.69, 9.17) is 21.1 Å². The maximum absolute atomic E-state index is 12.5. The van der Waals surface area contributed by atoms with Gasteiger partial charge in [0.05, 0.1) is 6.54 Å². The third kappa shape index (κ3) is 4.22. The number of nitrogens with one attached hydrogen (secondary N) is 1. The molecule has 1 aliphatic rings. The number of carbonyl (C=O) groups is 2. The molecule has 0 aliphatic carbocycles. The second-order valence-electron chi connectivity index (χ2n) is 5.61. The van der Waals surface area contributed by atoms with Crippen molar-refractivity contribution in [2.45, 2.75) is 6.10 Å². The van der Waals surface area contributed by atoms with E-state index in [1.807, 2.05) is 6.07 Å². The lowest BCUT2D eigenvalue weighted by atomic mass is 10.2. The predicted molar refractivity (Wildman–Crippen MR) is 94.1 cm³/mol. The fourth-order valence-electron chi connectivity index (χ4n) is 2.41. The lowest BCUT2D eigenvalue weighted by Gasteiger charge is -2.28. The summed E-state index contributed by atoms with van der Waals surface area (Å²) in [6, 6.07) is 13.9. The van der Waals surface area contributed by atoms with Crippen LogP contribution in [0.25, 0.3) is 0 Å². The van der Waals surface area contributed by atoms with E-state index in [2.05, 4.69) is 5.32 Å². The minimum Gasteiger partial charge on any atom is -0.485 e. The first kappa shape index (κ1) is 17.1. The van der Waals surface area contributed by atoms with Crippen LogP contribution in [0.4, 0.5) is 5.69 Å². The van der Waals surface area contributed by atoms with Gasteiger partial charge in [-0.25, -0.2) is 0 Å². The zero-order chi connectivity index (χ0) is 17.8. The second-order valence-corrected chi connectivity index (χ2v) is 6.05. The first-order valence-corrected chi connectivity index (χ1v) is 8.09. The van der Waals surface area contributed by atoms with Gasteiger partial charge in [0, 0.05) is 17.8 Å². The average Bonchev–Trinajstić information content (AvgIpc) is 2.62. The Hall–Kier alpha value is -2.73. The highest BCUT2D eigenvalue weighted by Gasteiger charge is 2.30. The van der Waals surface area contributed by atoms with Crippen molar-refractivity contribution in [1.29, 1.82) is 0 Å². The Morgan fingerprint density at radius 1 is 1.16 bits per heavy atom. The van der Waals surface area contributed by atoms with Gasteiger partial charge in [0.25, 0.3) is 5.91 Å². The molecule has 6 nitrogen and oxygen atoms in total. The Labute approximate surface area is 150 Å². The van der Waals surface area contributed by atoms with Crippen molar-refractivity contribution in [1.82, 2.24) is 4.90 Å². The van der Waals surface area contributed by atoms with Gasteiger partial charge < -0.3 is 19.7 Å². The number of hydrogen-bond donors (Lipinski definition) is 1. The molecule has 1 N–H and O–H groups in total. The molecule has 1 aliphatic heterocycles. The van der Waals surface area contributed by atoms with Gasteiger partial charge in [-0.1, -0.05) is 23.7 Å². The fourth-order valence-corrected chi connectivity index (χ4v) is 2.54. The van der Waals surface area contributed by atoms with Gasteiger partial charge in [0.15, 0.2) is 11.5 Å². The average molecular weight is 361 g/mol. The molecule has 7 heteroatoms. The van der Waals surface area contributed by atoms with Gasteiger partial charge >= 0.3 is 0 Å². The molecule has 2 amide bonds. The monoisotopic (exact) mass is 360 g/mol. The van der Waals surface area contributed by atoms with Gasteiger partial charge in [-0.05, 0) is 36.4 Å². The molecule has 0 fully saturated rings. The number of likely N-dealkylation sites (N-methyl/N-ethyl adjacent to an activating group) is 1. The Bertz CT molecular complexity index is 779. The summed E-state index contributed by atoms with van der Waals surface area (Å²) in [6.07, 6.45) is -0.775. The van der Waals surface area contributed by atoms with E-state index in [0.29, 0.717) is 22.2 Å². The minimum atomic E-state index is -0.775. The van der Waals surface area contributed by atoms with E-state index in [1.165, 1.54) is 4.90 Å². The van der Waals surface area contributed by atoms with Gasteiger partial charge in [-0.15, -0.1) is 0 Å². The van der Waals surface area contributed by atoms with E-state index in [0.717, 1.165) is 0 Å². The molecule has 0 unspecified atom stereocenters. The topological polar surface area (TPSA) is 67.9 Å². The molecule has 0 saturated heterocycles. The molecule has 0 spiro atoms. The first-order chi connectivity index (χ1) is 12.0. The zero-order valence-corrected chi connectivity index (χ0v) is 14.3. The first-order valence-electron chi connectivity index (χ1n) is 7.72. The lowest BCUT2D eigenvalue weighted by molar-refractivity contribution is -0.141. The number of para-hydroxylation sites is 2. The Balaban J connectivity index is 1.56. The quantitative estimate of drug-likeness (QED) is 0.910. The van der Waals surface area contributed by atoms with Crippen LogP contribution in [0.3, 0.4) is 0 Å². The van der Waals surface area contributed by atoms with Crippen molar-refractivity contribution in [2.75, 3.05) is 25.5 Å². The van der Waals surface area contributed by atoms with E-state index < -0.39 is 6.10 Å². The van der Waals surface area contributed by atoms with Crippen LogP contribution in [0.2, 0.25) is 5.02 Å². The van der Waals surface area contributed by atoms with Gasteiger partial charge in [0.1, 0.15) is 6.61 Å². The summed E-state index contributed by atoms with van der Waals surface area (Å²) in [5.41, 5.74) is 0.612. The number of carbonyl (C=O) groups excluding carboxylic acids is 2. The lowest BCUT2D eigenvalue weighted by Crippen LogP contribution is -2.47. The fraction of sp³-hybridized carbons (Fsp3) is 0.222. The van der Waals surface area contributed by atoms with Crippen LogP contribution in [0.5, 0.6) is 11.5 Å². The van der Waals surface area contributed by atoms with Crippen LogP contribution in [-0.2, 0) is 9.59 Å². The number of fused-ring (bicyclic) bond motifs is 1. The number of amides is 2. The molecule has 2 aromatic rings. The maximum atomic E-state index is 12.5. The molecule has 25 heavy (non-hydrogen) atoms. The SMILES string of the molecule is CN(CC(=O)Nc1ccc(Cl)cc1)C(=O)[C@H]1COc2ccccc2O1. The number of nitrogens with zero attached hydrogens (tertiary/aromatic N) is 1. The molecule has 0 bridgehead atoms. The molecule has 1 atom stereocenters. The van der Waals surface area contributed by atoms with E-state index >= 15 is 0 Å². The number of hydrogen-bond acceptors (Lipinski definition) is 4. The normalized spacial score (nSPS) is 15.4. The second kappa shape index (κ2) is 7.44. The summed E-state index contributed by atoms with van der Waals surface area (Å²) in [5.74, 6) is 0.497. The molecule has 0 radical (unpaired) electrons. The van der Waals surface area contributed by atoms with E-state index in [-0.39, 0.29) is 25.0 Å². The third-order valence-electron chi connectivity index (χ3n) is 3.67. The molecule has 0 aromatic heterocycles. The van der Waals surface area contributed by atoms with Crippen LogP contribution in [0.15, 0.2) is 48.5 Å². The minimum absolute atomic E-state index is 0.0943. The molecule has 2 aromatic carbocycles. The summed E-state index contributed by atoms with van der Waals surface area (Å²) in [4.78, 5) is 25.9. The molecular formula is C18H17ClN2O4. The Morgan fingerprint density at radius 2 is 1.84 bits per heavy atom. The van der Waals surface area contributed by atoms with Crippen molar-refractivity contribution in [2.24, 2.45) is 0 Å². The van der Waals surface area contributed by atoms with Crippen molar-refractivity contribution in [3.8, 4) is 11.5 Å². The molecule has 130 valence electrons.